The van der Waals surface area contributed by atoms with Crippen LogP contribution in [-0.2, 0) is 17.6 Å². The molecule has 1 aromatic rings. The van der Waals surface area contributed by atoms with Gasteiger partial charge in [0.1, 0.15) is 5.78 Å². The minimum atomic E-state index is 0.268. The normalized spacial score (nSPS) is 10.2. The highest BCUT2D eigenvalue weighted by Crippen LogP contribution is 2.12. The van der Waals surface area contributed by atoms with Crippen molar-refractivity contribution in [3.8, 4) is 0 Å². The number of hydrogen-bond donors (Lipinski definition) is 0. The number of hydrogen-bond acceptors (Lipinski definition) is 1. The van der Waals surface area contributed by atoms with E-state index >= 15 is 0 Å². The summed E-state index contributed by atoms with van der Waals surface area (Å²) in [6, 6.07) is 6.58. The van der Waals surface area contributed by atoms with Crippen molar-refractivity contribution in [2.75, 3.05) is 0 Å². The third-order valence-corrected chi connectivity index (χ3v) is 2.37. The predicted octanol–water partition coefficient (Wildman–Crippen LogP) is 3.08. The molecule has 0 aromatic heterocycles. The maximum Gasteiger partial charge on any atom is 0.130 e. The van der Waals surface area contributed by atoms with Crippen molar-refractivity contribution in [2.45, 2.75) is 40.0 Å². The Kier molecular flexibility index (Phi) is 3.87. The molecule has 0 aliphatic heterocycles. The lowest BCUT2D eigenvalue weighted by atomic mass is 10.0. The topological polar surface area (TPSA) is 17.1 Å². The van der Waals surface area contributed by atoms with E-state index in [1.54, 1.807) is 6.92 Å². The van der Waals surface area contributed by atoms with Gasteiger partial charge in [0.25, 0.3) is 0 Å². The molecule has 0 spiro atoms. The first kappa shape index (κ1) is 11.0. The zero-order valence-corrected chi connectivity index (χ0v) is 9.26. The molecule has 1 aromatic carbocycles. The molecule has 14 heavy (non-hydrogen) atoms. The highest BCUT2D eigenvalue weighted by Gasteiger charge is 1.99. The van der Waals surface area contributed by atoms with Gasteiger partial charge in [-0.15, -0.1) is 0 Å². The molecular weight excluding hydrogens is 172 g/mol. The van der Waals surface area contributed by atoms with Crippen LogP contribution in [0.5, 0.6) is 0 Å². The molecule has 0 atom stereocenters. The first-order valence-electron chi connectivity index (χ1n) is 5.20. The van der Waals surface area contributed by atoms with E-state index in [0.717, 1.165) is 12.8 Å². The number of ketones is 1. The summed E-state index contributed by atoms with van der Waals surface area (Å²) in [5.74, 6) is 0.268. The van der Waals surface area contributed by atoms with Crippen molar-refractivity contribution in [2.24, 2.45) is 0 Å². The van der Waals surface area contributed by atoms with Crippen molar-refractivity contribution in [1.82, 2.24) is 0 Å². The van der Waals surface area contributed by atoms with Gasteiger partial charge in [0.05, 0.1) is 0 Å². The van der Waals surface area contributed by atoms with Crippen molar-refractivity contribution in [3.63, 3.8) is 0 Å². The molecule has 1 heteroatoms. The Hall–Kier alpha value is -1.11. The van der Waals surface area contributed by atoms with Crippen molar-refractivity contribution in [3.05, 3.63) is 34.9 Å². The summed E-state index contributed by atoms with van der Waals surface area (Å²) >= 11 is 0. The summed E-state index contributed by atoms with van der Waals surface area (Å²) in [6.07, 6.45) is 2.60. The van der Waals surface area contributed by atoms with Crippen molar-refractivity contribution < 1.29 is 4.79 Å². The third-order valence-electron chi connectivity index (χ3n) is 2.37. The lowest BCUT2D eigenvalue weighted by Crippen LogP contribution is -1.95. The van der Waals surface area contributed by atoms with Crippen LogP contribution in [0.4, 0.5) is 0 Å². The van der Waals surface area contributed by atoms with Gasteiger partial charge in [0.2, 0.25) is 0 Å². The van der Waals surface area contributed by atoms with Crippen LogP contribution in [0.1, 0.15) is 37.0 Å². The van der Waals surface area contributed by atoms with Gasteiger partial charge in [-0.25, -0.2) is 0 Å². The molecular formula is C13H18O. The van der Waals surface area contributed by atoms with Crippen molar-refractivity contribution in [1.29, 1.82) is 0 Å². The largest absolute Gasteiger partial charge is 0.300 e. The number of carbonyl (C=O) groups is 1. The molecule has 0 bridgehead atoms. The van der Waals surface area contributed by atoms with E-state index in [1.165, 1.54) is 16.7 Å². The Morgan fingerprint density at radius 2 is 1.86 bits per heavy atom. The Bertz CT molecular complexity index is 326. The van der Waals surface area contributed by atoms with E-state index in [1.807, 2.05) is 0 Å². The molecule has 0 aliphatic carbocycles. The van der Waals surface area contributed by atoms with Crippen LogP contribution >= 0.6 is 0 Å². The molecule has 0 heterocycles. The lowest BCUT2D eigenvalue weighted by molar-refractivity contribution is -0.116. The maximum absolute atomic E-state index is 10.9. The Morgan fingerprint density at radius 1 is 1.21 bits per heavy atom. The molecule has 0 saturated carbocycles. The summed E-state index contributed by atoms with van der Waals surface area (Å²) < 4.78 is 0. The number of aryl methyl sites for hydroxylation is 3. The quantitative estimate of drug-likeness (QED) is 0.713. The number of Topliss-reactive ketones (excluding diaryl/α,β-unsaturated/α-hetero) is 1. The predicted molar refractivity (Wildman–Crippen MR) is 59.6 cm³/mol. The number of benzene rings is 1. The van der Waals surface area contributed by atoms with Crippen LogP contribution in [0.2, 0.25) is 0 Å². The fourth-order valence-corrected chi connectivity index (χ4v) is 1.62. The zero-order valence-electron chi connectivity index (χ0n) is 9.26. The minimum Gasteiger partial charge on any atom is -0.300 e. The summed E-state index contributed by atoms with van der Waals surface area (Å²) in [5, 5.41) is 0. The van der Waals surface area contributed by atoms with E-state index in [4.69, 9.17) is 0 Å². The van der Waals surface area contributed by atoms with Crippen molar-refractivity contribution >= 4 is 5.78 Å². The second-order valence-corrected chi connectivity index (χ2v) is 3.88. The van der Waals surface area contributed by atoms with Gasteiger partial charge in [-0.2, -0.15) is 0 Å². The average Bonchev–Trinajstić information content (AvgIpc) is 2.14. The second kappa shape index (κ2) is 4.94. The minimum absolute atomic E-state index is 0.268. The fraction of sp³-hybridized carbons (Fsp3) is 0.462. The van der Waals surface area contributed by atoms with E-state index in [-0.39, 0.29) is 5.78 Å². The smallest absolute Gasteiger partial charge is 0.130 e. The molecule has 1 nitrogen and oxygen atoms in total. The van der Waals surface area contributed by atoms with E-state index in [0.29, 0.717) is 6.42 Å². The van der Waals surface area contributed by atoms with Gasteiger partial charge in [-0.1, -0.05) is 30.7 Å². The highest BCUT2D eigenvalue weighted by molar-refractivity contribution is 5.75. The molecule has 0 amide bonds. The summed E-state index contributed by atoms with van der Waals surface area (Å²) in [7, 11) is 0. The molecule has 0 fully saturated rings. The monoisotopic (exact) mass is 190 g/mol. The van der Waals surface area contributed by atoms with Crippen LogP contribution < -0.4 is 0 Å². The summed E-state index contributed by atoms with van der Waals surface area (Å²) in [6.45, 7) is 5.91. The van der Waals surface area contributed by atoms with E-state index in [2.05, 4.69) is 32.0 Å². The maximum atomic E-state index is 10.9. The number of carbonyl (C=O) groups excluding carboxylic acids is 1. The van der Waals surface area contributed by atoms with Crippen LogP contribution in [0.3, 0.4) is 0 Å². The van der Waals surface area contributed by atoms with Crippen LogP contribution in [0.25, 0.3) is 0 Å². The molecule has 76 valence electrons. The van der Waals surface area contributed by atoms with Gasteiger partial charge in [0.15, 0.2) is 0 Å². The average molecular weight is 190 g/mol. The molecule has 0 unspecified atom stereocenters. The lowest BCUT2D eigenvalue weighted by Gasteiger charge is -2.05. The Balaban J connectivity index is 2.76. The Morgan fingerprint density at radius 3 is 2.43 bits per heavy atom. The molecule has 0 N–H and O–H groups in total. The van der Waals surface area contributed by atoms with Gasteiger partial charge in [-0.3, -0.25) is 0 Å². The SMILES string of the molecule is CCc1cc(C)cc(CCC(C)=O)c1. The second-order valence-electron chi connectivity index (χ2n) is 3.88. The molecule has 1 rings (SSSR count). The molecule has 0 saturated heterocycles. The summed E-state index contributed by atoms with van der Waals surface area (Å²) in [4.78, 5) is 10.9. The van der Waals surface area contributed by atoms with E-state index in [9.17, 15) is 4.79 Å². The Labute approximate surface area is 86.1 Å². The van der Waals surface area contributed by atoms with Crippen LogP contribution in [0.15, 0.2) is 18.2 Å². The van der Waals surface area contributed by atoms with Crippen LogP contribution in [-0.4, -0.2) is 5.78 Å². The van der Waals surface area contributed by atoms with Gasteiger partial charge >= 0.3 is 0 Å². The number of rotatable bonds is 4. The van der Waals surface area contributed by atoms with Gasteiger partial charge in [-0.05, 0) is 37.8 Å². The third kappa shape index (κ3) is 3.33. The van der Waals surface area contributed by atoms with Crippen LogP contribution in [0, 0.1) is 6.92 Å². The summed E-state index contributed by atoms with van der Waals surface area (Å²) in [5.41, 5.74) is 3.95. The molecule has 0 radical (unpaired) electrons. The standard InChI is InChI=1S/C13H18O/c1-4-12-7-10(2)8-13(9-12)6-5-11(3)14/h7-9H,4-6H2,1-3H3. The van der Waals surface area contributed by atoms with E-state index < -0.39 is 0 Å². The first-order valence-corrected chi connectivity index (χ1v) is 5.20. The highest BCUT2D eigenvalue weighted by atomic mass is 16.1. The van der Waals surface area contributed by atoms with Gasteiger partial charge in [0, 0.05) is 6.42 Å². The zero-order chi connectivity index (χ0) is 10.6. The van der Waals surface area contributed by atoms with Gasteiger partial charge < -0.3 is 4.79 Å². The molecule has 0 aliphatic rings. The first-order chi connectivity index (χ1) is 6.61. The fourth-order valence-electron chi connectivity index (χ4n) is 1.62.